The van der Waals surface area contributed by atoms with Gasteiger partial charge in [0.25, 0.3) is 0 Å². The Hall–Kier alpha value is -0.380. The molecular formula is C17H26O2S. The van der Waals surface area contributed by atoms with E-state index in [9.17, 15) is 5.11 Å². The van der Waals surface area contributed by atoms with E-state index in [1.165, 1.54) is 36.1 Å². The molecule has 2 atom stereocenters. The molecule has 1 aliphatic heterocycles. The fraction of sp³-hybridized carbons (Fsp3) is 0.765. The predicted octanol–water partition coefficient (Wildman–Crippen LogP) is 4.25. The van der Waals surface area contributed by atoms with Gasteiger partial charge in [-0.3, -0.25) is 0 Å². The van der Waals surface area contributed by atoms with Gasteiger partial charge in [-0.1, -0.05) is 0 Å². The van der Waals surface area contributed by atoms with Crippen molar-refractivity contribution in [2.45, 2.75) is 77.1 Å². The maximum absolute atomic E-state index is 10.9. The molecule has 0 saturated carbocycles. The Balaban J connectivity index is 1.85. The van der Waals surface area contributed by atoms with Gasteiger partial charge < -0.3 is 9.84 Å². The minimum atomic E-state index is -0.387. The molecule has 1 aliphatic carbocycles. The molecular weight excluding hydrogens is 268 g/mol. The van der Waals surface area contributed by atoms with Crippen LogP contribution in [0.2, 0.25) is 0 Å². The SMILES string of the molecule is CC1(C)CC(C(O)c2cc3c(s2)CCCC3)C(C)(C)O1. The van der Waals surface area contributed by atoms with Crippen molar-refractivity contribution in [3.63, 3.8) is 0 Å². The standard InChI is InChI=1S/C17H26O2S/c1-16(2)10-12(17(3,4)19-16)15(18)14-9-11-7-5-6-8-13(11)20-14/h9,12,15,18H,5-8,10H2,1-4H3. The largest absolute Gasteiger partial charge is 0.387 e. The highest BCUT2D eigenvalue weighted by Gasteiger charge is 2.49. The molecule has 1 saturated heterocycles. The second-order valence-electron chi connectivity index (χ2n) is 7.52. The number of aryl methyl sites for hydroxylation is 2. The van der Waals surface area contributed by atoms with E-state index in [0.29, 0.717) is 0 Å². The van der Waals surface area contributed by atoms with Gasteiger partial charge in [-0.2, -0.15) is 0 Å². The fourth-order valence-electron chi connectivity index (χ4n) is 3.95. The second-order valence-corrected chi connectivity index (χ2v) is 8.69. The van der Waals surface area contributed by atoms with Crippen LogP contribution >= 0.6 is 11.3 Å². The van der Waals surface area contributed by atoms with Gasteiger partial charge in [0.1, 0.15) is 0 Å². The van der Waals surface area contributed by atoms with Crippen LogP contribution in [-0.2, 0) is 17.6 Å². The first-order valence-electron chi connectivity index (χ1n) is 7.78. The predicted molar refractivity (Wildman–Crippen MR) is 83.3 cm³/mol. The Bertz CT molecular complexity index is 478. The van der Waals surface area contributed by atoms with Gasteiger partial charge in [0.05, 0.1) is 17.3 Å². The van der Waals surface area contributed by atoms with Crippen LogP contribution in [0, 0.1) is 5.92 Å². The minimum Gasteiger partial charge on any atom is -0.387 e. The number of aliphatic hydroxyl groups excluding tert-OH is 1. The number of ether oxygens (including phenoxy) is 1. The first-order chi connectivity index (χ1) is 9.28. The van der Waals surface area contributed by atoms with Crippen molar-refractivity contribution in [2.75, 3.05) is 0 Å². The molecule has 0 amide bonds. The summed E-state index contributed by atoms with van der Waals surface area (Å²) < 4.78 is 6.14. The minimum absolute atomic E-state index is 0.133. The van der Waals surface area contributed by atoms with Crippen molar-refractivity contribution in [3.05, 3.63) is 21.4 Å². The highest BCUT2D eigenvalue weighted by atomic mass is 32.1. The Kier molecular flexibility index (Phi) is 3.51. The van der Waals surface area contributed by atoms with E-state index in [1.807, 2.05) is 11.3 Å². The number of hydrogen-bond donors (Lipinski definition) is 1. The monoisotopic (exact) mass is 294 g/mol. The van der Waals surface area contributed by atoms with Gasteiger partial charge in [0.2, 0.25) is 0 Å². The van der Waals surface area contributed by atoms with Crippen LogP contribution in [0.25, 0.3) is 0 Å². The van der Waals surface area contributed by atoms with E-state index < -0.39 is 0 Å². The quantitative estimate of drug-likeness (QED) is 0.883. The van der Waals surface area contributed by atoms with E-state index in [1.54, 1.807) is 0 Å². The number of aliphatic hydroxyl groups is 1. The summed E-state index contributed by atoms with van der Waals surface area (Å²) in [5.74, 6) is 0.178. The Morgan fingerprint density at radius 2 is 1.95 bits per heavy atom. The van der Waals surface area contributed by atoms with Crippen molar-refractivity contribution in [1.82, 2.24) is 0 Å². The zero-order valence-corrected chi connectivity index (χ0v) is 13.8. The molecule has 3 rings (SSSR count). The Labute approximate surface area is 126 Å². The molecule has 1 aromatic rings. The molecule has 2 nitrogen and oxygen atoms in total. The van der Waals surface area contributed by atoms with Crippen LogP contribution in [-0.4, -0.2) is 16.3 Å². The molecule has 20 heavy (non-hydrogen) atoms. The average molecular weight is 294 g/mol. The van der Waals surface area contributed by atoms with Gasteiger partial charge in [-0.25, -0.2) is 0 Å². The summed E-state index contributed by atoms with van der Waals surface area (Å²) in [5.41, 5.74) is 1.09. The smallest absolute Gasteiger partial charge is 0.0938 e. The number of hydrogen-bond acceptors (Lipinski definition) is 3. The van der Waals surface area contributed by atoms with E-state index in [0.717, 1.165) is 11.3 Å². The van der Waals surface area contributed by atoms with Crippen LogP contribution in [0.4, 0.5) is 0 Å². The molecule has 0 aromatic carbocycles. The lowest BCUT2D eigenvalue weighted by molar-refractivity contribution is -0.0877. The lowest BCUT2D eigenvalue weighted by atomic mass is 9.82. The molecule has 2 heterocycles. The highest BCUT2D eigenvalue weighted by molar-refractivity contribution is 7.12. The lowest BCUT2D eigenvalue weighted by Crippen LogP contribution is -2.32. The average Bonchev–Trinajstić information content (AvgIpc) is 2.85. The summed E-state index contributed by atoms with van der Waals surface area (Å²) in [6.07, 6.45) is 5.52. The number of rotatable bonds is 2. The topological polar surface area (TPSA) is 29.5 Å². The molecule has 2 unspecified atom stereocenters. The molecule has 2 aliphatic rings. The summed E-state index contributed by atoms with van der Waals surface area (Å²) in [4.78, 5) is 2.65. The van der Waals surface area contributed by atoms with Crippen molar-refractivity contribution in [3.8, 4) is 0 Å². The third-order valence-electron chi connectivity index (χ3n) is 4.83. The van der Waals surface area contributed by atoms with E-state index in [2.05, 4.69) is 33.8 Å². The van der Waals surface area contributed by atoms with Crippen LogP contribution in [0.5, 0.6) is 0 Å². The third kappa shape index (κ3) is 2.56. The Morgan fingerprint density at radius 3 is 2.55 bits per heavy atom. The summed E-state index contributed by atoms with van der Waals surface area (Å²) in [6.45, 7) is 8.48. The van der Waals surface area contributed by atoms with Crippen molar-refractivity contribution >= 4 is 11.3 Å². The highest BCUT2D eigenvalue weighted by Crippen LogP contribution is 2.49. The fourth-order valence-corrected chi connectivity index (χ4v) is 5.26. The molecule has 0 radical (unpaired) electrons. The van der Waals surface area contributed by atoms with Gasteiger partial charge in [-0.15, -0.1) is 11.3 Å². The molecule has 1 aromatic heterocycles. The van der Waals surface area contributed by atoms with Crippen molar-refractivity contribution in [2.24, 2.45) is 5.92 Å². The summed E-state index contributed by atoms with van der Waals surface area (Å²) in [6, 6.07) is 2.26. The molecule has 1 fully saturated rings. The van der Waals surface area contributed by atoms with Gasteiger partial charge in [0.15, 0.2) is 0 Å². The zero-order chi connectivity index (χ0) is 14.5. The normalized spacial score (nSPS) is 29.1. The van der Waals surface area contributed by atoms with Gasteiger partial charge in [-0.05, 0) is 71.4 Å². The molecule has 0 spiro atoms. The lowest BCUT2D eigenvalue weighted by Gasteiger charge is -2.29. The first-order valence-corrected chi connectivity index (χ1v) is 8.60. The van der Waals surface area contributed by atoms with Crippen molar-refractivity contribution in [1.29, 1.82) is 0 Å². The van der Waals surface area contributed by atoms with Crippen LogP contribution in [0.3, 0.4) is 0 Å². The Morgan fingerprint density at radius 1 is 1.25 bits per heavy atom. The van der Waals surface area contributed by atoms with Crippen molar-refractivity contribution < 1.29 is 9.84 Å². The second kappa shape index (κ2) is 4.82. The van der Waals surface area contributed by atoms with E-state index in [4.69, 9.17) is 4.74 Å². The maximum atomic E-state index is 10.9. The summed E-state index contributed by atoms with van der Waals surface area (Å²) in [7, 11) is 0. The molecule has 3 heteroatoms. The number of fused-ring (bicyclic) bond motifs is 1. The third-order valence-corrected chi connectivity index (χ3v) is 6.14. The maximum Gasteiger partial charge on any atom is 0.0938 e. The van der Waals surface area contributed by atoms with Gasteiger partial charge in [0, 0.05) is 15.7 Å². The summed E-state index contributed by atoms with van der Waals surface area (Å²) >= 11 is 1.83. The zero-order valence-electron chi connectivity index (χ0n) is 13.0. The van der Waals surface area contributed by atoms with E-state index in [-0.39, 0.29) is 23.2 Å². The summed E-state index contributed by atoms with van der Waals surface area (Å²) in [5, 5.41) is 10.9. The van der Waals surface area contributed by atoms with Crippen LogP contribution in [0.15, 0.2) is 6.07 Å². The number of thiophene rings is 1. The first kappa shape index (κ1) is 14.6. The van der Waals surface area contributed by atoms with Crippen LogP contribution < -0.4 is 0 Å². The molecule has 1 N–H and O–H groups in total. The van der Waals surface area contributed by atoms with Gasteiger partial charge >= 0.3 is 0 Å². The molecule has 112 valence electrons. The van der Waals surface area contributed by atoms with E-state index >= 15 is 0 Å². The molecule has 0 bridgehead atoms. The van der Waals surface area contributed by atoms with Crippen LogP contribution in [0.1, 0.15) is 68.4 Å².